The van der Waals surface area contributed by atoms with Gasteiger partial charge < -0.3 is 10.2 Å². The number of sulfone groups is 1. The van der Waals surface area contributed by atoms with Crippen LogP contribution in [0.2, 0.25) is 0 Å². The van der Waals surface area contributed by atoms with Gasteiger partial charge in [-0.3, -0.25) is 9.52 Å². The third-order valence-corrected chi connectivity index (χ3v) is 8.98. The number of nitrogens with zero attached hydrogens (tertiary/aromatic N) is 1. The zero-order chi connectivity index (χ0) is 20.0. The monoisotopic (exact) mass is 437 g/mol. The van der Waals surface area contributed by atoms with E-state index in [9.17, 15) is 23.3 Å². The Labute approximate surface area is 166 Å². The van der Waals surface area contributed by atoms with Crippen LogP contribution >= 0.6 is 23.3 Å². The summed E-state index contributed by atoms with van der Waals surface area (Å²) in [6.07, 6.45) is 1.62. The molecule has 2 N–H and O–H groups in total. The molecular formula is C15H23N3O6S3. The summed E-state index contributed by atoms with van der Waals surface area (Å²) in [7, 11) is -3.33. The SMILES string of the molecule is CCNC1CC(C)S(=O)(=O)c2sc(SNC(=O)CCCCO[N+](=O)[O-])cc21. The summed E-state index contributed by atoms with van der Waals surface area (Å²) in [5, 5.41) is 12.0. The van der Waals surface area contributed by atoms with E-state index in [2.05, 4.69) is 14.9 Å². The summed E-state index contributed by atoms with van der Waals surface area (Å²) >= 11 is 2.28. The highest BCUT2D eigenvalue weighted by Gasteiger charge is 2.38. The molecular weight excluding hydrogens is 414 g/mol. The number of fused-ring (bicyclic) bond motifs is 1. The lowest BCUT2D eigenvalue weighted by atomic mass is 10.1. The first-order valence-electron chi connectivity index (χ1n) is 8.59. The van der Waals surface area contributed by atoms with Crippen LogP contribution in [0, 0.1) is 10.1 Å². The molecule has 9 nitrogen and oxygen atoms in total. The van der Waals surface area contributed by atoms with Crippen LogP contribution in [0.1, 0.15) is 51.1 Å². The first-order chi connectivity index (χ1) is 12.8. The van der Waals surface area contributed by atoms with Gasteiger partial charge in [-0.2, -0.15) is 0 Å². The van der Waals surface area contributed by atoms with Crippen molar-refractivity contribution >= 4 is 39.0 Å². The Kier molecular flexibility index (Phi) is 7.89. The van der Waals surface area contributed by atoms with Crippen molar-refractivity contribution in [3.8, 4) is 0 Å². The van der Waals surface area contributed by atoms with Crippen LogP contribution in [0.15, 0.2) is 14.5 Å². The van der Waals surface area contributed by atoms with E-state index in [-0.39, 0.29) is 25.0 Å². The molecule has 0 spiro atoms. The maximum atomic E-state index is 12.6. The highest BCUT2D eigenvalue weighted by molar-refractivity contribution is 8.00. The molecule has 1 amide bonds. The number of thiophene rings is 1. The molecule has 0 aliphatic carbocycles. The molecule has 1 aromatic rings. The van der Waals surface area contributed by atoms with Gasteiger partial charge in [-0.15, -0.1) is 21.5 Å². The van der Waals surface area contributed by atoms with Crippen LogP contribution in [0.3, 0.4) is 0 Å². The van der Waals surface area contributed by atoms with Crippen molar-refractivity contribution in [3.05, 3.63) is 21.7 Å². The summed E-state index contributed by atoms with van der Waals surface area (Å²) in [4.78, 5) is 26.1. The summed E-state index contributed by atoms with van der Waals surface area (Å²) in [5.74, 6) is -0.216. The van der Waals surface area contributed by atoms with E-state index in [1.54, 1.807) is 6.92 Å². The molecule has 1 aliphatic rings. The van der Waals surface area contributed by atoms with Gasteiger partial charge in [-0.25, -0.2) is 8.42 Å². The first kappa shape index (κ1) is 21.9. The number of carbonyl (C=O) groups excluding carboxylic acids is 1. The van der Waals surface area contributed by atoms with Gasteiger partial charge in [0.2, 0.25) is 5.91 Å². The number of carbonyl (C=O) groups is 1. The molecule has 0 aromatic carbocycles. The lowest BCUT2D eigenvalue weighted by Gasteiger charge is -2.27. The fourth-order valence-electron chi connectivity index (χ4n) is 2.77. The van der Waals surface area contributed by atoms with Crippen molar-refractivity contribution < 1.29 is 23.1 Å². The standard InChI is InChI=1S/C15H23N3O6S3/c1-3-16-12-8-10(2)27(22,23)15-11(12)9-14(25-15)26-17-13(19)6-4-5-7-24-18(20)21/h9-10,12,16H,3-8H2,1-2H3,(H,17,19). The second-order valence-electron chi connectivity index (χ2n) is 6.15. The number of rotatable bonds is 10. The summed E-state index contributed by atoms with van der Waals surface area (Å²) in [6.45, 7) is 4.41. The van der Waals surface area contributed by atoms with Gasteiger partial charge in [0.05, 0.1) is 16.1 Å². The van der Waals surface area contributed by atoms with Gasteiger partial charge in [0.15, 0.2) is 9.84 Å². The molecule has 0 saturated heterocycles. The molecule has 2 rings (SSSR count). The van der Waals surface area contributed by atoms with Crippen molar-refractivity contribution in [2.45, 2.75) is 59.2 Å². The largest absolute Gasteiger partial charge is 0.314 e. The fourth-order valence-corrected chi connectivity index (χ4v) is 7.23. The molecule has 0 bridgehead atoms. The molecule has 12 heteroatoms. The van der Waals surface area contributed by atoms with Crippen molar-refractivity contribution in [2.75, 3.05) is 13.2 Å². The van der Waals surface area contributed by atoms with Crippen LogP contribution in [0.5, 0.6) is 0 Å². The minimum atomic E-state index is -3.33. The Morgan fingerprint density at radius 2 is 2.22 bits per heavy atom. The quantitative estimate of drug-likeness (QED) is 0.247. The third-order valence-electron chi connectivity index (χ3n) is 4.14. The van der Waals surface area contributed by atoms with E-state index < -0.39 is 20.2 Å². The molecule has 0 fully saturated rings. The van der Waals surface area contributed by atoms with Crippen LogP contribution < -0.4 is 10.0 Å². The van der Waals surface area contributed by atoms with Crippen LogP contribution in [0.25, 0.3) is 0 Å². The highest BCUT2D eigenvalue weighted by atomic mass is 32.2. The molecule has 0 radical (unpaired) electrons. The zero-order valence-corrected chi connectivity index (χ0v) is 17.5. The lowest BCUT2D eigenvalue weighted by molar-refractivity contribution is -0.757. The second-order valence-corrected chi connectivity index (χ2v) is 10.9. The Balaban J connectivity index is 1.92. The van der Waals surface area contributed by atoms with Crippen molar-refractivity contribution in [2.24, 2.45) is 0 Å². The normalized spacial score (nSPS) is 20.7. The van der Waals surface area contributed by atoms with E-state index in [4.69, 9.17) is 0 Å². The first-order valence-corrected chi connectivity index (χ1v) is 11.8. The number of nitrogens with one attached hydrogen (secondary N) is 2. The Morgan fingerprint density at radius 3 is 2.89 bits per heavy atom. The molecule has 1 aliphatic heterocycles. The summed E-state index contributed by atoms with van der Waals surface area (Å²) in [6, 6.07) is 1.82. The molecule has 2 heterocycles. The van der Waals surface area contributed by atoms with Gasteiger partial charge in [0.1, 0.15) is 4.21 Å². The van der Waals surface area contributed by atoms with Gasteiger partial charge in [-0.05, 0) is 56.3 Å². The topological polar surface area (TPSA) is 128 Å². The Hall–Kier alpha value is -1.37. The minimum absolute atomic E-state index is 0.00794. The van der Waals surface area contributed by atoms with Crippen LogP contribution in [-0.4, -0.2) is 37.8 Å². The molecule has 0 saturated carbocycles. The predicted molar refractivity (Wildman–Crippen MR) is 103 cm³/mol. The number of unbranched alkanes of at least 4 members (excludes halogenated alkanes) is 1. The van der Waals surface area contributed by atoms with Crippen molar-refractivity contribution in [3.63, 3.8) is 0 Å². The van der Waals surface area contributed by atoms with Gasteiger partial charge >= 0.3 is 0 Å². The number of amides is 1. The lowest BCUT2D eigenvalue weighted by Crippen LogP contribution is -2.33. The van der Waals surface area contributed by atoms with E-state index in [0.717, 1.165) is 24.1 Å². The average molecular weight is 438 g/mol. The van der Waals surface area contributed by atoms with E-state index in [0.29, 0.717) is 27.7 Å². The van der Waals surface area contributed by atoms with E-state index in [1.165, 1.54) is 11.3 Å². The van der Waals surface area contributed by atoms with Gasteiger partial charge in [0.25, 0.3) is 5.09 Å². The highest BCUT2D eigenvalue weighted by Crippen LogP contribution is 2.43. The molecule has 2 unspecified atom stereocenters. The zero-order valence-electron chi connectivity index (χ0n) is 15.1. The third kappa shape index (κ3) is 5.80. The smallest absolute Gasteiger partial charge is 0.294 e. The fraction of sp³-hybridized carbons (Fsp3) is 0.667. The maximum Gasteiger partial charge on any atom is 0.294 e. The van der Waals surface area contributed by atoms with Crippen molar-refractivity contribution in [1.29, 1.82) is 0 Å². The molecule has 152 valence electrons. The van der Waals surface area contributed by atoms with Crippen LogP contribution in [-0.2, 0) is 19.5 Å². The van der Waals surface area contributed by atoms with Gasteiger partial charge in [0, 0.05) is 12.5 Å². The number of hydrogen-bond acceptors (Lipinski definition) is 9. The minimum Gasteiger partial charge on any atom is -0.314 e. The number of hydrogen-bond donors (Lipinski definition) is 2. The molecule has 1 aromatic heterocycles. The Bertz CT molecular complexity index is 780. The van der Waals surface area contributed by atoms with Gasteiger partial charge in [-0.1, -0.05) is 6.92 Å². The van der Waals surface area contributed by atoms with E-state index in [1.807, 2.05) is 13.0 Å². The summed E-state index contributed by atoms with van der Waals surface area (Å²) in [5.41, 5.74) is 0.772. The molecule has 27 heavy (non-hydrogen) atoms. The van der Waals surface area contributed by atoms with E-state index >= 15 is 0 Å². The summed E-state index contributed by atoms with van der Waals surface area (Å²) < 4.78 is 28.9. The maximum absolute atomic E-state index is 12.6. The van der Waals surface area contributed by atoms with Crippen LogP contribution in [0.4, 0.5) is 0 Å². The van der Waals surface area contributed by atoms with Crippen molar-refractivity contribution in [1.82, 2.24) is 10.0 Å². The molecule has 2 atom stereocenters. The average Bonchev–Trinajstić information content (AvgIpc) is 3.03. The second kappa shape index (κ2) is 9.71. The Morgan fingerprint density at radius 1 is 1.48 bits per heavy atom. The predicted octanol–water partition coefficient (Wildman–Crippen LogP) is 2.47.